The number of amides is 1. The molecule has 0 unspecified atom stereocenters. The molecule has 2 rings (SSSR count). The SMILES string of the molecule is Cc1c(NC(=O)[C@@](C)(O)C(F)(F)F)ccc(S(=O)(=O)c2ccc(NCCO)cc2)c1Cl. The van der Waals surface area contributed by atoms with Crippen LogP contribution in [-0.4, -0.2) is 49.5 Å². The summed E-state index contributed by atoms with van der Waals surface area (Å²) in [5.41, 5.74) is -3.23. The van der Waals surface area contributed by atoms with Crippen LogP contribution in [0.2, 0.25) is 5.02 Å². The normalized spacial score (nSPS) is 14.1. The summed E-state index contributed by atoms with van der Waals surface area (Å²) in [7, 11) is -4.08. The first-order valence-corrected chi connectivity index (χ1v) is 10.7. The molecule has 12 heteroatoms. The highest BCUT2D eigenvalue weighted by molar-refractivity contribution is 7.91. The number of carbonyl (C=O) groups is 1. The van der Waals surface area contributed by atoms with Crippen LogP contribution in [0.3, 0.4) is 0 Å². The van der Waals surface area contributed by atoms with Crippen LogP contribution in [-0.2, 0) is 14.6 Å². The lowest BCUT2D eigenvalue weighted by Gasteiger charge is -2.25. The molecule has 7 nitrogen and oxygen atoms in total. The van der Waals surface area contributed by atoms with E-state index in [9.17, 15) is 31.5 Å². The number of hydrogen-bond acceptors (Lipinski definition) is 6. The summed E-state index contributed by atoms with van der Waals surface area (Å²) in [5, 5.41) is 22.8. The average molecular weight is 481 g/mol. The summed E-state index contributed by atoms with van der Waals surface area (Å²) < 4.78 is 64.4. The first kappa shape index (κ1) is 24.9. The summed E-state index contributed by atoms with van der Waals surface area (Å²) in [4.78, 5) is 11.5. The maximum absolute atomic E-state index is 12.9. The molecule has 0 spiro atoms. The lowest BCUT2D eigenvalue weighted by molar-refractivity contribution is -0.242. The summed E-state index contributed by atoms with van der Waals surface area (Å²) >= 11 is 6.16. The molecule has 1 amide bonds. The summed E-state index contributed by atoms with van der Waals surface area (Å²) in [6.07, 6.45) is -5.21. The first-order chi connectivity index (χ1) is 14.2. The third-order valence-electron chi connectivity index (χ3n) is 4.49. The fourth-order valence-corrected chi connectivity index (χ4v) is 4.31. The topological polar surface area (TPSA) is 116 Å². The van der Waals surface area contributed by atoms with Gasteiger partial charge in [0, 0.05) is 17.9 Å². The highest BCUT2D eigenvalue weighted by Crippen LogP contribution is 2.36. The van der Waals surface area contributed by atoms with Crippen molar-refractivity contribution in [2.45, 2.75) is 35.4 Å². The number of sulfone groups is 1. The molecule has 170 valence electrons. The molecule has 0 aliphatic heterocycles. The first-order valence-electron chi connectivity index (χ1n) is 8.83. The quantitative estimate of drug-likeness (QED) is 0.484. The van der Waals surface area contributed by atoms with Gasteiger partial charge in [0.2, 0.25) is 15.4 Å². The van der Waals surface area contributed by atoms with Crippen molar-refractivity contribution >= 4 is 38.7 Å². The number of aliphatic hydroxyl groups is 2. The Morgan fingerprint density at radius 3 is 2.23 bits per heavy atom. The van der Waals surface area contributed by atoms with E-state index in [0.29, 0.717) is 12.6 Å². The Kier molecular flexibility index (Phi) is 7.26. The molecule has 1 atom stereocenters. The van der Waals surface area contributed by atoms with Gasteiger partial charge in [0.15, 0.2) is 0 Å². The second kappa shape index (κ2) is 9.03. The van der Waals surface area contributed by atoms with Crippen molar-refractivity contribution in [3.8, 4) is 0 Å². The molecule has 0 saturated carbocycles. The fourth-order valence-electron chi connectivity index (χ4n) is 2.46. The highest BCUT2D eigenvalue weighted by atomic mass is 35.5. The van der Waals surface area contributed by atoms with Crippen LogP contribution in [0.25, 0.3) is 0 Å². The van der Waals surface area contributed by atoms with Crippen molar-refractivity contribution in [3.63, 3.8) is 0 Å². The molecule has 0 bridgehead atoms. The van der Waals surface area contributed by atoms with Crippen molar-refractivity contribution in [2.75, 3.05) is 23.8 Å². The van der Waals surface area contributed by atoms with Crippen LogP contribution < -0.4 is 10.6 Å². The van der Waals surface area contributed by atoms with Gasteiger partial charge in [0.25, 0.3) is 5.91 Å². The summed E-state index contributed by atoms with van der Waals surface area (Å²) in [5.74, 6) is -1.74. The third kappa shape index (κ3) is 5.12. The van der Waals surface area contributed by atoms with Crippen LogP contribution in [0.1, 0.15) is 12.5 Å². The number of halogens is 4. The van der Waals surface area contributed by atoms with E-state index in [-0.39, 0.29) is 39.2 Å². The Bertz CT molecular complexity index is 1070. The smallest absolute Gasteiger partial charge is 0.395 e. The van der Waals surface area contributed by atoms with E-state index in [1.807, 2.05) is 5.32 Å². The van der Waals surface area contributed by atoms with Gasteiger partial charge in [-0.15, -0.1) is 0 Å². The Hall–Kier alpha value is -2.34. The van der Waals surface area contributed by atoms with Gasteiger partial charge >= 0.3 is 6.18 Å². The van der Waals surface area contributed by atoms with Gasteiger partial charge in [-0.25, -0.2) is 8.42 Å². The summed E-state index contributed by atoms with van der Waals surface area (Å²) in [6.45, 7) is 1.81. The minimum atomic E-state index is -5.21. The third-order valence-corrected chi connectivity index (χ3v) is 6.90. The van der Waals surface area contributed by atoms with E-state index in [1.54, 1.807) is 0 Å². The minimum Gasteiger partial charge on any atom is -0.395 e. The predicted octanol–water partition coefficient (Wildman–Crippen LogP) is 3.14. The van der Waals surface area contributed by atoms with Crippen LogP contribution in [0, 0.1) is 6.92 Å². The van der Waals surface area contributed by atoms with Gasteiger partial charge in [-0.3, -0.25) is 4.79 Å². The number of rotatable bonds is 7. The number of aliphatic hydroxyl groups excluding tert-OH is 1. The second-order valence-electron chi connectivity index (χ2n) is 6.75. The molecule has 0 aliphatic carbocycles. The molecule has 0 saturated heterocycles. The van der Waals surface area contributed by atoms with Crippen molar-refractivity contribution < 1.29 is 36.6 Å². The van der Waals surface area contributed by atoms with E-state index in [0.717, 1.165) is 12.1 Å². The fraction of sp³-hybridized carbons (Fsp3) is 0.316. The number of hydrogen-bond donors (Lipinski definition) is 4. The minimum absolute atomic E-state index is 0.00954. The molecule has 0 aromatic heterocycles. The van der Waals surface area contributed by atoms with E-state index < -0.39 is 27.5 Å². The van der Waals surface area contributed by atoms with Crippen LogP contribution in [0.4, 0.5) is 24.5 Å². The van der Waals surface area contributed by atoms with Gasteiger partial charge in [0.05, 0.1) is 21.4 Å². The molecule has 0 heterocycles. The monoisotopic (exact) mass is 480 g/mol. The molecule has 2 aromatic rings. The molecular formula is C19H20ClF3N2O5S. The Morgan fingerprint density at radius 1 is 1.13 bits per heavy atom. The predicted molar refractivity (Wildman–Crippen MR) is 109 cm³/mol. The zero-order valence-corrected chi connectivity index (χ0v) is 18.0. The van der Waals surface area contributed by atoms with Gasteiger partial charge < -0.3 is 20.8 Å². The largest absolute Gasteiger partial charge is 0.426 e. The number of nitrogens with one attached hydrogen (secondary N) is 2. The van der Waals surface area contributed by atoms with Gasteiger partial charge in [-0.05, 0) is 55.8 Å². The van der Waals surface area contributed by atoms with Crippen molar-refractivity contribution in [2.24, 2.45) is 0 Å². The summed E-state index contributed by atoms with van der Waals surface area (Å²) in [6, 6.07) is 7.80. The van der Waals surface area contributed by atoms with Crippen molar-refractivity contribution in [1.82, 2.24) is 0 Å². The second-order valence-corrected chi connectivity index (χ2v) is 9.05. The molecule has 2 aromatic carbocycles. The standard InChI is InChI=1S/C19H20ClF3N2O5S/c1-11-14(25-17(27)18(2,28)19(21,22)23)7-8-15(16(11)20)31(29,30)13-5-3-12(4-6-13)24-9-10-26/h3-8,24,26,28H,9-10H2,1-2H3,(H,25,27)/t18-/m1/s1. The molecule has 0 aliphatic rings. The lowest BCUT2D eigenvalue weighted by atomic mass is 10.1. The van der Waals surface area contributed by atoms with E-state index in [1.165, 1.54) is 31.2 Å². The zero-order valence-electron chi connectivity index (χ0n) is 16.4. The Labute approximate surface area is 181 Å². The Balaban J connectivity index is 2.36. The maximum atomic E-state index is 12.9. The molecule has 0 fully saturated rings. The number of anilines is 2. The Morgan fingerprint density at radius 2 is 1.71 bits per heavy atom. The van der Waals surface area contributed by atoms with Crippen molar-refractivity contribution in [3.05, 3.63) is 47.0 Å². The van der Waals surface area contributed by atoms with E-state index in [4.69, 9.17) is 16.7 Å². The molecule has 31 heavy (non-hydrogen) atoms. The van der Waals surface area contributed by atoms with E-state index >= 15 is 0 Å². The number of alkyl halides is 3. The molecular weight excluding hydrogens is 461 g/mol. The molecule has 4 N–H and O–H groups in total. The van der Waals surface area contributed by atoms with Crippen LogP contribution in [0.5, 0.6) is 0 Å². The maximum Gasteiger partial charge on any atom is 0.426 e. The number of carbonyl (C=O) groups excluding carboxylic acids is 1. The van der Waals surface area contributed by atoms with Crippen LogP contribution in [0.15, 0.2) is 46.2 Å². The van der Waals surface area contributed by atoms with Crippen LogP contribution >= 0.6 is 11.6 Å². The average Bonchev–Trinajstić information content (AvgIpc) is 2.69. The van der Waals surface area contributed by atoms with Gasteiger partial charge in [-0.1, -0.05) is 11.6 Å². The number of benzene rings is 2. The van der Waals surface area contributed by atoms with E-state index in [2.05, 4.69) is 5.32 Å². The zero-order chi connectivity index (χ0) is 23.6. The van der Waals surface area contributed by atoms with Crippen molar-refractivity contribution in [1.29, 1.82) is 0 Å². The van der Waals surface area contributed by atoms with Gasteiger partial charge in [-0.2, -0.15) is 13.2 Å². The van der Waals surface area contributed by atoms with Gasteiger partial charge in [0.1, 0.15) is 0 Å². The highest BCUT2D eigenvalue weighted by Gasteiger charge is 2.55. The molecule has 0 radical (unpaired) electrons. The lowest BCUT2D eigenvalue weighted by Crippen LogP contribution is -2.52.